The second-order valence-electron chi connectivity index (χ2n) is 2.90. The minimum atomic E-state index is -0.560. The molecule has 6 heteroatoms. The third kappa shape index (κ3) is 2.95. The van der Waals surface area contributed by atoms with Gasteiger partial charge in [-0.2, -0.15) is 0 Å². The molecule has 0 fully saturated rings. The van der Waals surface area contributed by atoms with Crippen LogP contribution in [-0.4, -0.2) is 13.1 Å². The van der Waals surface area contributed by atoms with Crippen LogP contribution in [0.15, 0.2) is 23.9 Å². The molecule has 4 N–H and O–H groups in total. The number of halogens is 2. The molecule has 0 bridgehead atoms. The molecule has 0 amide bonds. The van der Waals surface area contributed by atoms with Crippen molar-refractivity contribution in [1.29, 1.82) is 0 Å². The Hall–Kier alpha value is -1.59. The fraction of sp³-hybridized carbons (Fsp3) is 0.100. The Labute approximate surface area is 96.8 Å². The lowest BCUT2D eigenvalue weighted by Crippen LogP contribution is -2.64. The number of hydrogen-bond donors (Lipinski definition) is 2. The smallest absolute Gasteiger partial charge is 0.359 e. The molecule has 1 rings (SSSR count). The van der Waals surface area contributed by atoms with Gasteiger partial charge in [0.1, 0.15) is 5.82 Å². The number of methoxy groups -OCH3 is 1. The van der Waals surface area contributed by atoms with E-state index in [0.29, 0.717) is 5.56 Å². The van der Waals surface area contributed by atoms with E-state index in [1.54, 1.807) is 0 Å². The van der Waals surface area contributed by atoms with Crippen molar-refractivity contribution in [3.05, 3.63) is 40.3 Å². The maximum absolute atomic E-state index is 12.9. The van der Waals surface area contributed by atoms with Crippen molar-refractivity contribution >= 4 is 23.6 Å². The Morgan fingerprint density at radius 2 is 2.31 bits per heavy atom. The summed E-state index contributed by atoms with van der Waals surface area (Å²) in [4.78, 5) is 11.2. The molecule has 4 nitrogen and oxygen atoms in total. The summed E-state index contributed by atoms with van der Waals surface area (Å²) in [6.45, 7) is 0. The molecule has 0 aliphatic heterocycles. The second kappa shape index (κ2) is 5.48. The van der Waals surface area contributed by atoms with Gasteiger partial charge in [-0.05, 0) is 23.8 Å². The Kier molecular flexibility index (Phi) is 4.28. The highest BCUT2D eigenvalue weighted by molar-refractivity contribution is 6.30. The Morgan fingerprint density at radius 3 is 2.81 bits per heavy atom. The van der Waals surface area contributed by atoms with Crippen LogP contribution in [0.2, 0.25) is 5.02 Å². The molecule has 1 aromatic carbocycles. The summed E-state index contributed by atoms with van der Waals surface area (Å²) in [6.07, 6.45) is 1.46. The molecule has 1 aromatic rings. The minimum absolute atomic E-state index is 0.0120. The lowest BCUT2D eigenvalue weighted by Gasteiger charge is -2.02. The molecular weight excluding hydrogens is 235 g/mol. The van der Waals surface area contributed by atoms with Crippen molar-refractivity contribution < 1.29 is 19.8 Å². The molecule has 0 radical (unpaired) electrons. The van der Waals surface area contributed by atoms with Gasteiger partial charge in [0.05, 0.1) is 12.1 Å². The normalized spacial score (nSPS) is 11.1. The standard InChI is InChI=1S/C10H10ClFN2O2/c1-16-10(15)9(14-13)5-6-2-3-8(12)7(11)4-6/h2-5,14H,13H2,1H3/p+1/b9-5-. The summed E-state index contributed by atoms with van der Waals surface area (Å²) in [7, 11) is 1.26. The summed E-state index contributed by atoms with van der Waals surface area (Å²) in [6, 6.07) is 4.10. The first-order valence-corrected chi connectivity index (χ1v) is 4.74. The molecule has 0 spiro atoms. The van der Waals surface area contributed by atoms with Crippen LogP contribution in [0, 0.1) is 5.82 Å². The number of benzene rings is 1. The number of quaternary nitrogens is 1. The molecule has 0 unspecified atom stereocenters. The molecule has 0 aromatic heterocycles. The largest absolute Gasteiger partial charge is 0.464 e. The first kappa shape index (κ1) is 12.5. The highest BCUT2D eigenvalue weighted by Crippen LogP contribution is 2.17. The van der Waals surface area contributed by atoms with Gasteiger partial charge in [-0.25, -0.2) is 14.6 Å². The molecule has 0 heterocycles. The molecular formula is C10H11ClFN2O2+. The molecule has 0 saturated heterocycles. The van der Waals surface area contributed by atoms with E-state index < -0.39 is 11.8 Å². The van der Waals surface area contributed by atoms with Crippen molar-refractivity contribution in [3.8, 4) is 0 Å². The van der Waals surface area contributed by atoms with Crippen molar-refractivity contribution in [2.24, 2.45) is 0 Å². The van der Waals surface area contributed by atoms with Gasteiger partial charge in [-0.1, -0.05) is 17.7 Å². The van der Waals surface area contributed by atoms with E-state index in [1.165, 1.54) is 31.4 Å². The number of ether oxygens (including phenoxy) is 1. The number of esters is 1. The van der Waals surface area contributed by atoms with E-state index in [1.807, 2.05) is 0 Å². The van der Waals surface area contributed by atoms with Crippen LogP contribution in [-0.2, 0) is 9.53 Å². The van der Waals surface area contributed by atoms with Gasteiger partial charge in [0.2, 0.25) is 0 Å². The van der Waals surface area contributed by atoms with E-state index in [4.69, 9.17) is 11.6 Å². The fourth-order valence-electron chi connectivity index (χ4n) is 1.06. The van der Waals surface area contributed by atoms with Crippen LogP contribution < -0.4 is 11.3 Å². The predicted molar refractivity (Wildman–Crippen MR) is 57.4 cm³/mol. The van der Waals surface area contributed by atoms with E-state index in [9.17, 15) is 9.18 Å². The summed E-state index contributed by atoms with van der Waals surface area (Å²) in [5.74, 6) is 2.29. The number of carbonyl (C=O) groups excluding carboxylic acids is 1. The number of rotatable bonds is 3. The zero-order valence-electron chi connectivity index (χ0n) is 8.59. The highest BCUT2D eigenvalue weighted by atomic mass is 35.5. The van der Waals surface area contributed by atoms with Gasteiger partial charge < -0.3 is 4.74 Å². The van der Waals surface area contributed by atoms with Crippen molar-refractivity contribution in [1.82, 2.24) is 5.43 Å². The van der Waals surface area contributed by atoms with E-state index in [2.05, 4.69) is 16.0 Å². The minimum Gasteiger partial charge on any atom is -0.464 e. The van der Waals surface area contributed by atoms with E-state index >= 15 is 0 Å². The van der Waals surface area contributed by atoms with Gasteiger partial charge in [-0.3, -0.25) is 5.84 Å². The first-order valence-electron chi connectivity index (χ1n) is 4.36. The maximum atomic E-state index is 12.9. The van der Waals surface area contributed by atoms with Gasteiger partial charge in [0, 0.05) is 0 Å². The van der Waals surface area contributed by atoms with Crippen molar-refractivity contribution in [2.75, 3.05) is 7.11 Å². The first-order chi connectivity index (χ1) is 7.58. The van der Waals surface area contributed by atoms with E-state index in [-0.39, 0.29) is 10.7 Å². The van der Waals surface area contributed by atoms with Crippen LogP contribution >= 0.6 is 11.6 Å². The molecule has 86 valence electrons. The second-order valence-corrected chi connectivity index (χ2v) is 3.31. The van der Waals surface area contributed by atoms with Crippen LogP contribution in [0.4, 0.5) is 4.39 Å². The number of nitrogens with one attached hydrogen (secondary N) is 1. The number of hydrogen-bond acceptors (Lipinski definition) is 3. The molecule has 16 heavy (non-hydrogen) atoms. The molecule has 0 aliphatic rings. The summed E-state index contributed by atoms with van der Waals surface area (Å²) in [5.41, 5.74) is 3.16. The van der Waals surface area contributed by atoms with Gasteiger partial charge in [-0.15, -0.1) is 0 Å². The molecule has 0 aliphatic carbocycles. The molecule has 0 atom stereocenters. The highest BCUT2D eigenvalue weighted by Gasteiger charge is 2.09. The molecule has 0 saturated carbocycles. The third-order valence-electron chi connectivity index (χ3n) is 1.85. The van der Waals surface area contributed by atoms with Gasteiger partial charge >= 0.3 is 5.97 Å². The van der Waals surface area contributed by atoms with Crippen LogP contribution in [0.3, 0.4) is 0 Å². The van der Waals surface area contributed by atoms with Crippen LogP contribution in [0.5, 0.6) is 0 Å². The monoisotopic (exact) mass is 245 g/mol. The Bertz CT molecular complexity index is 435. The van der Waals surface area contributed by atoms with Crippen LogP contribution in [0.25, 0.3) is 6.08 Å². The summed E-state index contributed by atoms with van der Waals surface area (Å²) in [5, 5.41) is -0.0120. The zero-order chi connectivity index (χ0) is 12.1. The quantitative estimate of drug-likeness (QED) is 0.469. The van der Waals surface area contributed by atoms with Gasteiger partial charge in [0.25, 0.3) is 0 Å². The topological polar surface area (TPSA) is 66.0 Å². The lowest BCUT2D eigenvalue weighted by molar-refractivity contribution is -0.431. The summed E-state index contributed by atoms with van der Waals surface area (Å²) >= 11 is 5.60. The predicted octanol–water partition coefficient (Wildman–Crippen LogP) is 0.740. The van der Waals surface area contributed by atoms with E-state index in [0.717, 1.165) is 0 Å². The average molecular weight is 246 g/mol. The SMILES string of the molecule is COC(=O)/C(=C/c1ccc(F)c(Cl)c1)N[NH3+]. The zero-order valence-corrected chi connectivity index (χ0v) is 9.34. The fourth-order valence-corrected chi connectivity index (χ4v) is 1.25. The third-order valence-corrected chi connectivity index (χ3v) is 2.14. The van der Waals surface area contributed by atoms with Crippen molar-refractivity contribution in [2.45, 2.75) is 0 Å². The number of carbonyl (C=O) groups is 1. The Morgan fingerprint density at radius 1 is 1.62 bits per heavy atom. The van der Waals surface area contributed by atoms with Crippen LogP contribution in [0.1, 0.15) is 5.56 Å². The lowest BCUT2D eigenvalue weighted by atomic mass is 10.2. The van der Waals surface area contributed by atoms with Gasteiger partial charge in [0.15, 0.2) is 5.70 Å². The maximum Gasteiger partial charge on any atom is 0.359 e. The van der Waals surface area contributed by atoms with Crippen molar-refractivity contribution in [3.63, 3.8) is 0 Å². The Balaban J connectivity index is 3.04. The summed E-state index contributed by atoms with van der Waals surface area (Å²) < 4.78 is 17.4. The average Bonchev–Trinajstić information content (AvgIpc) is 2.29.